The molecule has 1 unspecified atom stereocenters. The van der Waals surface area contributed by atoms with E-state index in [0.717, 1.165) is 19.2 Å². The van der Waals surface area contributed by atoms with Gasteiger partial charge in [0.05, 0.1) is 12.7 Å². The number of carbonyl (C=O) groups is 1. The predicted molar refractivity (Wildman–Crippen MR) is 57.6 cm³/mol. The molecule has 0 spiro atoms. The van der Waals surface area contributed by atoms with Crippen LogP contribution >= 0.6 is 12.4 Å². The maximum absolute atomic E-state index is 12.6. The summed E-state index contributed by atoms with van der Waals surface area (Å²) < 4.78 is 42.0. The molecule has 1 aromatic rings. The molecule has 7 heteroatoms. The van der Waals surface area contributed by atoms with Crippen LogP contribution in [0.5, 0.6) is 0 Å². The minimum atomic E-state index is -4.54. The van der Waals surface area contributed by atoms with Crippen molar-refractivity contribution in [2.45, 2.75) is 12.2 Å². The topological polar surface area (TPSA) is 52.3 Å². The van der Waals surface area contributed by atoms with Gasteiger partial charge in [-0.05, 0) is 11.6 Å². The number of rotatable bonds is 2. The van der Waals surface area contributed by atoms with Crippen LogP contribution in [0.4, 0.5) is 13.2 Å². The fourth-order valence-corrected chi connectivity index (χ4v) is 1.28. The molecule has 0 saturated carbocycles. The van der Waals surface area contributed by atoms with Crippen LogP contribution in [0.15, 0.2) is 24.3 Å². The molecular weight excluding hydrogens is 259 g/mol. The first-order chi connectivity index (χ1) is 7.38. The van der Waals surface area contributed by atoms with Crippen molar-refractivity contribution >= 4 is 18.4 Å². The Morgan fingerprint density at radius 2 is 1.88 bits per heavy atom. The number of carbonyl (C=O) groups excluding carboxylic acids is 1. The lowest BCUT2D eigenvalue weighted by atomic mass is 10.0. The van der Waals surface area contributed by atoms with Gasteiger partial charge >= 0.3 is 12.1 Å². The van der Waals surface area contributed by atoms with Crippen molar-refractivity contribution in [2.24, 2.45) is 5.73 Å². The highest BCUT2D eigenvalue weighted by Gasteiger charge is 2.35. The largest absolute Gasteiger partial charge is 0.468 e. The van der Waals surface area contributed by atoms with E-state index in [2.05, 4.69) is 4.74 Å². The van der Waals surface area contributed by atoms with Gasteiger partial charge in [0.2, 0.25) is 0 Å². The Balaban J connectivity index is 0.00000256. The molecular formula is C10H11ClF3NO2. The predicted octanol–water partition coefficient (Wildman–Crippen LogP) is 2.30. The van der Waals surface area contributed by atoms with Gasteiger partial charge in [-0.25, -0.2) is 0 Å². The zero-order chi connectivity index (χ0) is 12.3. The van der Waals surface area contributed by atoms with Crippen molar-refractivity contribution in [3.05, 3.63) is 35.4 Å². The van der Waals surface area contributed by atoms with Gasteiger partial charge in [-0.2, -0.15) is 13.2 Å². The average molecular weight is 270 g/mol. The van der Waals surface area contributed by atoms with Crippen molar-refractivity contribution in [1.82, 2.24) is 0 Å². The molecule has 0 bridgehead atoms. The number of ether oxygens (including phenoxy) is 1. The normalized spacial score (nSPS) is 12.5. The Bertz CT molecular complexity index is 395. The van der Waals surface area contributed by atoms with E-state index in [-0.39, 0.29) is 18.0 Å². The summed E-state index contributed by atoms with van der Waals surface area (Å²) in [7, 11) is 1.07. The number of halogens is 4. The summed E-state index contributed by atoms with van der Waals surface area (Å²) in [5, 5.41) is 0. The first-order valence-electron chi connectivity index (χ1n) is 4.37. The highest BCUT2D eigenvalue weighted by molar-refractivity contribution is 5.85. The van der Waals surface area contributed by atoms with Crippen molar-refractivity contribution in [2.75, 3.05) is 7.11 Å². The van der Waals surface area contributed by atoms with Gasteiger partial charge in [-0.15, -0.1) is 12.4 Å². The highest BCUT2D eigenvalue weighted by atomic mass is 35.5. The van der Waals surface area contributed by atoms with Crippen LogP contribution in [0.25, 0.3) is 0 Å². The molecule has 3 nitrogen and oxygen atoms in total. The summed E-state index contributed by atoms with van der Waals surface area (Å²) in [4.78, 5) is 11.1. The number of hydrogen-bond donors (Lipinski definition) is 1. The molecule has 0 amide bonds. The Morgan fingerprint density at radius 3 is 2.35 bits per heavy atom. The lowest BCUT2D eigenvalue weighted by Gasteiger charge is -2.16. The molecule has 2 N–H and O–H groups in total. The monoisotopic (exact) mass is 269 g/mol. The smallest absolute Gasteiger partial charge is 0.416 e. The van der Waals surface area contributed by atoms with Crippen LogP contribution in [-0.4, -0.2) is 13.1 Å². The molecule has 0 radical (unpaired) electrons. The van der Waals surface area contributed by atoms with E-state index in [9.17, 15) is 18.0 Å². The van der Waals surface area contributed by atoms with E-state index in [0.29, 0.717) is 0 Å². The van der Waals surface area contributed by atoms with Crippen molar-refractivity contribution < 1.29 is 22.7 Å². The van der Waals surface area contributed by atoms with Crippen LogP contribution in [-0.2, 0) is 15.7 Å². The molecule has 0 aliphatic heterocycles. The second kappa shape index (κ2) is 5.88. The number of benzene rings is 1. The lowest BCUT2D eigenvalue weighted by Crippen LogP contribution is -2.25. The molecule has 1 aromatic carbocycles. The zero-order valence-electron chi connectivity index (χ0n) is 8.82. The van der Waals surface area contributed by atoms with Crippen molar-refractivity contribution in [1.29, 1.82) is 0 Å². The minimum absolute atomic E-state index is 0. The molecule has 0 aliphatic carbocycles. The summed E-state index contributed by atoms with van der Waals surface area (Å²) in [6.07, 6.45) is -4.54. The number of esters is 1. The van der Waals surface area contributed by atoms with Gasteiger partial charge in [-0.3, -0.25) is 4.79 Å². The van der Waals surface area contributed by atoms with Gasteiger partial charge < -0.3 is 10.5 Å². The quantitative estimate of drug-likeness (QED) is 0.838. The SMILES string of the molecule is COC(=O)C(N)c1ccccc1C(F)(F)F.Cl. The molecule has 0 fully saturated rings. The van der Waals surface area contributed by atoms with Crippen LogP contribution in [0.1, 0.15) is 17.2 Å². The Kier molecular flexibility index (Phi) is 5.44. The minimum Gasteiger partial charge on any atom is -0.468 e. The van der Waals surface area contributed by atoms with Crippen LogP contribution in [0, 0.1) is 0 Å². The molecule has 0 saturated heterocycles. The summed E-state index contributed by atoms with van der Waals surface area (Å²) in [5.41, 5.74) is 4.16. The maximum Gasteiger partial charge on any atom is 0.416 e. The fraction of sp³-hybridized carbons (Fsp3) is 0.300. The fourth-order valence-electron chi connectivity index (χ4n) is 1.28. The van der Waals surface area contributed by atoms with E-state index in [1.54, 1.807) is 0 Å². The van der Waals surface area contributed by atoms with Crippen LogP contribution in [0.3, 0.4) is 0 Å². The molecule has 1 atom stereocenters. The Labute approximate surface area is 102 Å². The third-order valence-corrected chi connectivity index (χ3v) is 2.06. The van der Waals surface area contributed by atoms with Gasteiger partial charge in [0.15, 0.2) is 0 Å². The third kappa shape index (κ3) is 3.61. The number of methoxy groups -OCH3 is 1. The van der Waals surface area contributed by atoms with E-state index in [4.69, 9.17) is 5.73 Å². The zero-order valence-corrected chi connectivity index (χ0v) is 9.64. The first-order valence-corrected chi connectivity index (χ1v) is 4.37. The second-order valence-electron chi connectivity index (χ2n) is 3.09. The number of nitrogens with two attached hydrogens (primary N) is 1. The van der Waals surface area contributed by atoms with E-state index in [1.165, 1.54) is 12.1 Å². The molecule has 0 heterocycles. The maximum atomic E-state index is 12.6. The molecule has 1 rings (SSSR count). The summed E-state index contributed by atoms with van der Waals surface area (Å²) in [6, 6.07) is 3.22. The Morgan fingerprint density at radius 1 is 1.35 bits per heavy atom. The highest BCUT2D eigenvalue weighted by Crippen LogP contribution is 2.34. The molecule has 96 valence electrons. The number of alkyl halides is 3. The van der Waals surface area contributed by atoms with E-state index >= 15 is 0 Å². The van der Waals surface area contributed by atoms with E-state index < -0.39 is 23.8 Å². The van der Waals surface area contributed by atoms with E-state index in [1.807, 2.05) is 0 Å². The summed E-state index contributed by atoms with van der Waals surface area (Å²) in [6.45, 7) is 0. The lowest BCUT2D eigenvalue weighted by molar-refractivity contribution is -0.144. The van der Waals surface area contributed by atoms with Gasteiger partial charge in [0, 0.05) is 0 Å². The molecule has 17 heavy (non-hydrogen) atoms. The standard InChI is InChI=1S/C10H10F3NO2.ClH/c1-16-9(15)8(14)6-4-2-3-5-7(6)10(11,12)13;/h2-5,8H,14H2,1H3;1H. The molecule has 0 aromatic heterocycles. The van der Waals surface area contributed by atoms with Crippen molar-refractivity contribution in [3.8, 4) is 0 Å². The Hall–Kier alpha value is -1.27. The third-order valence-electron chi connectivity index (χ3n) is 2.06. The summed E-state index contributed by atoms with van der Waals surface area (Å²) in [5.74, 6) is -0.906. The first kappa shape index (κ1) is 15.7. The van der Waals surface area contributed by atoms with Gasteiger partial charge in [0.25, 0.3) is 0 Å². The van der Waals surface area contributed by atoms with Crippen molar-refractivity contribution in [3.63, 3.8) is 0 Å². The van der Waals surface area contributed by atoms with Gasteiger partial charge in [-0.1, -0.05) is 18.2 Å². The summed E-state index contributed by atoms with van der Waals surface area (Å²) >= 11 is 0. The van der Waals surface area contributed by atoms with Gasteiger partial charge in [0.1, 0.15) is 6.04 Å². The molecule has 0 aliphatic rings. The van der Waals surface area contributed by atoms with Crippen LogP contribution < -0.4 is 5.73 Å². The second-order valence-corrected chi connectivity index (χ2v) is 3.09. The average Bonchev–Trinajstić information content (AvgIpc) is 2.26. The number of hydrogen-bond acceptors (Lipinski definition) is 3. The van der Waals surface area contributed by atoms with Crippen LogP contribution in [0.2, 0.25) is 0 Å².